The molecule has 6 rings (SSSR count). The fraction of sp³-hybridized carbons (Fsp3) is 0.640. The van der Waals surface area contributed by atoms with Crippen LogP contribution < -0.4 is 10.1 Å². The number of amides is 3. The van der Waals surface area contributed by atoms with Crippen LogP contribution in [0.1, 0.15) is 67.3 Å². The second-order valence-corrected chi connectivity index (χ2v) is 10.3. The minimum Gasteiger partial charge on any atom is -0.489 e. The summed E-state index contributed by atoms with van der Waals surface area (Å²) in [5, 5.41) is 2.36. The fourth-order valence-corrected chi connectivity index (χ4v) is 6.12. The Bertz CT molecular complexity index is 953. The molecule has 7 nitrogen and oxygen atoms in total. The topological polar surface area (TPSA) is 79.0 Å². The number of fused-ring (bicyclic) bond motifs is 1. The lowest BCUT2D eigenvalue weighted by molar-refractivity contribution is -0.136. The molecule has 7 heteroatoms. The maximum Gasteiger partial charge on any atom is 0.255 e. The highest BCUT2D eigenvalue weighted by Crippen LogP contribution is 2.43. The van der Waals surface area contributed by atoms with Crippen LogP contribution in [0.25, 0.3) is 0 Å². The smallest absolute Gasteiger partial charge is 0.255 e. The van der Waals surface area contributed by atoms with E-state index in [1.807, 2.05) is 18.2 Å². The number of piperidine rings is 1. The van der Waals surface area contributed by atoms with Crippen LogP contribution in [-0.2, 0) is 16.1 Å². The number of nitrogens with one attached hydrogen (secondary N) is 1. The highest BCUT2D eigenvalue weighted by molar-refractivity contribution is 6.05. The van der Waals surface area contributed by atoms with Gasteiger partial charge in [0, 0.05) is 37.7 Å². The third kappa shape index (κ3) is 3.60. The number of rotatable bonds is 5. The van der Waals surface area contributed by atoms with Gasteiger partial charge in [-0.15, -0.1) is 0 Å². The van der Waals surface area contributed by atoms with Crippen molar-refractivity contribution in [2.24, 2.45) is 11.8 Å². The third-order valence-corrected chi connectivity index (χ3v) is 8.15. The molecule has 1 aromatic rings. The Morgan fingerprint density at radius 3 is 2.53 bits per heavy atom. The maximum atomic E-state index is 12.9. The Kier molecular flexibility index (Phi) is 4.97. The number of likely N-dealkylation sites (tertiary alicyclic amines) is 1. The minimum atomic E-state index is -0.578. The van der Waals surface area contributed by atoms with Gasteiger partial charge >= 0.3 is 0 Å². The van der Waals surface area contributed by atoms with Gasteiger partial charge in [-0.2, -0.15) is 0 Å². The van der Waals surface area contributed by atoms with Crippen molar-refractivity contribution in [2.75, 3.05) is 13.1 Å². The summed E-state index contributed by atoms with van der Waals surface area (Å²) in [6.07, 6.45) is 8.46. The highest BCUT2D eigenvalue weighted by atomic mass is 16.5. The maximum absolute atomic E-state index is 12.9. The molecule has 2 aliphatic carbocycles. The Balaban J connectivity index is 1.13. The van der Waals surface area contributed by atoms with Crippen molar-refractivity contribution < 1.29 is 19.1 Å². The monoisotopic (exact) mass is 437 g/mol. The molecule has 170 valence electrons. The molecule has 3 unspecified atom stereocenters. The average molecular weight is 438 g/mol. The number of ether oxygens (including phenoxy) is 1. The predicted molar refractivity (Wildman–Crippen MR) is 117 cm³/mol. The largest absolute Gasteiger partial charge is 0.489 e. The molecule has 2 saturated carbocycles. The first-order valence-corrected chi connectivity index (χ1v) is 12.2. The molecule has 3 atom stereocenters. The number of hydrogen-bond donors (Lipinski definition) is 1. The molecular weight excluding hydrogens is 406 g/mol. The Hall–Kier alpha value is -2.41. The van der Waals surface area contributed by atoms with Gasteiger partial charge in [-0.25, -0.2) is 0 Å². The summed E-state index contributed by atoms with van der Waals surface area (Å²) < 4.78 is 6.52. The molecule has 32 heavy (non-hydrogen) atoms. The van der Waals surface area contributed by atoms with E-state index in [0.29, 0.717) is 24.6 Å². The lowest BCUT2D eigenvalue weighted by atomic mass is 9.85. The molecule has 0 bridgehead atoms. The molecule has 3 heterocycles. The number of nitrogens with zero attached hydrogens (tertiary/aromatic N) is 2. The van der Waals surface area contributed by atoms with Crippen molar-refractivity contribution in [1.82, 2.24) is 15.1 Å². The number of carbonyl (C=O) groups is 3. The quantitative estimate of drug-likeness (QED) is 0.716. The van der Waals surface area contributed by atoms with Crippen molar-refractivity contribution in [1.29, 1.82) is 0 Å². The molecule has 3 amide bonds. The normalized spacial score (nSPS) is 31.3. The molecule has 2 saturated heterocycles. The molecule has 5 aliphatic rings. The van der Waals surface area contributed by atoms with Gasteiger partial charge in [0.1, 0.15) is 17.9 Å². The summed E-state index contributed by atoms with van der Waals surface area (Å²) in [4.78, 5) is 40.9. The summed E-state index contributed by atoms with van der Waals surface area (Å²) in [6, 6.07) is 5.63. The molecule has 1 aromatic carbocycles. The van der Waals surface area contributed by atoms with Crippen molar-refractivity contribution in [2.45, 2.75) is 76.1 Å². The highest BCUT2D eigenvalue weighted by Gasteiger charge is 2.44. The van der Waals surface area contributed by atoms with Gasteiger partial charge < -0.3 is 9.64 Å². The van der Waals surface area contributed by atoms with Crippen molar-refractivity contribution in [3.63, 3.8) is 0 Å². The lowest BCUT2D eigenvalue weighted by Gasteiger charge is -2.48. The Labute approximate surface area is 188 Å². The van der Waals surface area contributed by atoms with Crippen LogP contribution in [0.5, 0.6) is 5.75 Å². The van der Waals surface area contributed by atoms with Crippen LogP contribution in [0.2, 0.25) is 0 Å². The molecule has 0 spiro atoms. The molecular formula is C25H31N3O4. The SMILES string of the molecule is O=C1CCC(N2Cc3cc(OC4CCCCC4N4CC(C5CC5)C4)ccc3C2=O)C(=O)N1. The van der Waals surface area contributed by atoms with E-state index in [9.17, 15) is 14.4 Å². The first-order chi connectivity index (χ1) is 15.6. The van der Waals surface area contributed by atoms with Gasteiger partial charge in [-0.3, -0.25) is 24.6 Å². The van der Waals surface area contributed by atoms with E-state index in [0.717, 1.165) is 29.6 Å². The minimum absolute atomic E-state index is 0.136. The van der Waals surface area contributed by atoms with Crippen LogP contribution in [0, 0.1) is 11.8 Å². The van der Waals surface area contributed by atoms with Crippen LogP contribution in [0.15, 0.2) is 18.2 Å². The summed E-state index contributed by atoms with van der Waals surface area (Å²) in [5.74, 6) is 1.93. The van der Waals surface area contributed by atoms with Gasteiger partial charge in [0.25, 0.3) is 5.91 Å². The third-order valence-electron chi connectivity index (χ3n) is 8.15. The number of carbonyl (C=O) groups excluding carboxylic acids is 3. The van der Waals surface area contributed by atoms with Gasteiger partial charge in [0.05, 0.1) is 0 Å². The second-order valence-electron chi connectivity index (χ2n) is 10.3. The first kappa shape index (κ1) is 20.2. The van der Waals surface area contributed by atoms with E-state index in [4.69, 9.17) is 4.74 Å². The molecule has 0 radical (unpaired) electrons. The summed E-state index contributed by atoms with van der Waals surface area (Å²) in [6.45, 7) is 2.85. The van der Waals surface area contributed by atoms with Gasteiger partial charge in [0.2, 0.25) is 11.8 Å². The summed E-state index contributed by atoms with van der Waals surface area (Å²) in [7, 11) is 0. The van der Waals surface area contributed by atoms with E-state index < -0.39 is 6.04 Å². The van der Waals surface area contributed by atoms with Crippen LogP contribution >= 0.6 is 0 Å². The molecule has 1 N–H and O–H groups in total. The number of benzene rings is 1. The van der Waals surface area contributed by atoms with Gasteiger partial charge in [-0.05, 0) is 74.1 Å². The van der Waals surface area contributed by atoms with E-state index in [2.05, 4.69) is 10.2 Å². The van der Waals surface area contributed by atoms with Crippen molar-refractivity contribution in [3.8, 4) is 5.75 Å². The van der Waals surface area contributed by atoms with Gasteiger partial charge in [0.15, 0.2) is 0 Å². The van der Waals surface area contributed by atoms with Crippen LogP contribution in [0.4, 0.5) is 0 Å². The first-order valence-electron chi connectivity index (χ1n) is 12.2. The Morgan fingerprint density at radius 1 is 0.938 bits per heavy atom. The van der Waals surface area contributed by atoms with E-state index >= 15 is 0 Å². The summed E-state index contributed by atoms with van der Waals surface area (Å²) >= 11 is 0. The zero-order valence-corrected chi connectivity index (χ0v) is 18.4. The second kappa shape index (κ2) is 7.87. The standard InChI is InChI=1S/C25H31N3O4/c29-23-10-9-21(24(30)26-23)28-14-16-11-18(7-8-19(16)25(28)31)32-22-4-2-1-3-20(22)27-12-17(13-27)15-5-6-15/h7-8,11,15,17,20-22H,1-6,9-10,12-14H2,(H,26,29,30). The van der Waals surface area contributed by atoms with Crippen LogP contribution in [0.3, 0.4) is 0 Å². The average Bonchev–Trinajstić information content (AvgIpc) is 3.52. The van der Waals surface area contributed by atoms with Crippen molar-refractivity contribution in [3.05, 3.63) is 29.3 Å². The number of hydrogen-bond acceptors (Lipinski definition) is 5. The van der Waals surface area contributed by atoms with E-state index in [1.54, 1.807) is 4.90 Å². The van der Waals surface area contributed by atoms with Crippen LogP contribution in [-0.4, -0.2) is 58.8 Å². The Morgan fingerprint density at radius 2 is 1.75 bits per heavy atom. The molecule has 4 fully saturated rings. The van der Waals surface area contributed by atoms with E-state index in [-0.39, 0.29) is 30.2 Å². The zero-order chi connectivity index (χ0) is 21.8. The zero-order valence-electron chi connectivity index (χ0n) is 18.4. The lowest BCUT2D eigenvalue weighted by Crippen LogP contribution is -2.58. The van der Waals surface area contributed by atoms with E-state index in [1.165, 1.54) is 45.2 Å². The van der Waals surface area contributed by atoms with Crippen molar-refractivity contribution >= 4 is 17.7 Å². The van der Waals surface area contributed by atoms with Gasteiger partial charge in [-0.1, -0.05) is 6.42 Å². The fourth-order valence-electron chi connectivity index (χ4n) is 6.12. The summed E-state index contributed by atoms with van der Waals surface area (Å²) in [5.41, 5.74) is 1.54. The molecule has 0 aromatic heterocycles. The predicted octanol–water partition coefficient (Wildman–Crippen LogP) is 2.48. The molecule has 3 aliphatic heterocycles. The number of imide groups is 1.